The van der Waals surface area contributed by atoms with Gasteiger partial charge in [-0.05, 0) is 101 Å². The molecule has 0 bridgehead atoms. The highest BCUT2D eigenvalue weighted by Crippen LogP contribution is 2.00. The summed E-state index contributed by atoms with van der Waals surface area (Å²) in [6.45, 7) is 33.2. The second-order valence-corrected chi connectivity index (χ2v) is 14.4. The van der Waals surface area contributed by atoms with Crippen molar-refractivity contribution in [1.82, 2.24) is 40.0 Å². The van der Waals surface area contributed by atoms with Crippen LogP contribution in [-0.2, 0) is 0 Å². The number of aliphatic imine (C=N–C) groups is 6. The molecule has 53 heavy (non-hydrogen) atoms. The summed E-state index contributed by atoms with van der Waals surface area (Å²) in [7, 11) is 10.6. The molecule has 0 aromatic heterocycles. The molecule has 0 amide bonds. The van der Waals surface area contributed by atoms with Crippen LogP contribution in [-0.4, -0.2) is 211 Å². The van der Waals surface area contributed by atoms with Crippen molar-refractivity contribution in [3.63, 3.8) is 0 Å². The van der Waals surface area contributed by atoms with Crippen molar-refractivity contribution in [2.75, 3.05) is 146 Å². The Bertz CT molecular complexity index is 1120. The fourth-order valence-electron chi connectivity index (χ4n) is 5.63. The summed E-state index contributed by atoms with van der Waals surface area (Å²) in [4.78, 5) is 38.7. The molecule has 1 saturated heterocycles. The van der Waals surface area contributed by atoms with Crippen LogP contribution in [0.15, 0.2) is 30.0 Å². The summed E-state index contributed by atoms with van der Waals surface area (Å²) in [5, 5.41) is 6.20. The zero-order valence-corrected chi connectivity index (χ0v) is 36.2. The first-order valence-corrected chi connectivity index (χ1v) is 20.1. The third-order valence-corrected chi connectivity index (χ3v) is 9.82. The van der Waals surface area contributed by atoms with E-state index < -0.39 is 0 Å². The van der Waals surface area contributed by atoms with E-state index in [9.17, 15) is 0 Å². The Hall–Kier alpha value is -3.26. The second-order valence-electron chi connectivity index (χ2n) is 14.4. The maximum Gasteiger partial charge on any atom is 0.0958 e. The molecule has 0 aliphatic carbocycles. The number of rotatable bonds is 1. The summed E-state index contributed by atoms with van der Waals surface area (Å²) in [5.41, 5.74) is 0. The molecule has 0 aromatic rings. The predicted molar refractivity (Wildman–Crippen MR) is 232 cm³/mol. The van der Waals surface area contributed by atoms with Crippen LogP contribution < -0.4 is 10.6 Å². The molecule has 306 valence electrons. The van der Waals surface area contributed by atoms with Crippen molar-refractivity contribution in [2.24, 2.45) is 30.0 Å². The van der Waals surface area contributed by atoms with E-state index in [0.29, 0.717) is 0 Å². The van der Waals surface area contributed by atoms with Crippen molar-refractivity contribution < 1.29 is 0 Å². The molecule has 0 saturated carbocycles. The minimum atomic E-state index is 0.964. The first-order chi connectivity index (χ1) is 25.3. The fourth-order valence-corrected chi connectivity index (χ4v) is 5.63. The van der Waals surface area contributed by atoms with Crippen LogP contribution in [0.1, 0.15) is 74.1 Å². The third-order valence-electron chi connectivity index (χ3n) is 9.82. The van der Waals surface area contributed by atoms with Crippen LogP contribution in [0, 0.1) is 0 Å². The first kappa shape index (κ1) is 47.8. The molecule has 7 heterocycles. The molecular weight excluding hydrogens is 665 g/mol. The van der Waals surface area contributed by atoms with Crippen LogP contribution in [0.5, 0.6) is 0 Å². The standard InChI is InChI=1S/C7H16N2.3C6H12N2.2C5H10N2.C4H8N2/c1-8-4-3-5-9(2)7-6-8;2*1-6-7-4-3-5-8(6)2;1-3-8-5-4-7-6(8)2;1-5-6-3-4-7(5)2;1-5-6-3-2-4-7-5;1-4-5-2-3-6-4/h3-7H2,1-2H3;3*3-5H2,1-2H3;3-4H2,1-2H3;2-4H2,1H3,(H,6,7);2-3H2,1H3,(H,5,6). The Kier molecular flexibility index (Phi) is 26.3. The minimum Gasteiger partial charge on any atom is -0.374 e. The van der Waals surface area contributed by atoms with E-state index in [0.717, 1.165) is 83.7 Å². The van der Waals surface area contributed by atoms with Crippen molar-refractivity contribution in [3.8, 4) is 0 Å². The summed E-state index contributed by atoms with van der Waals surface area (Å²) >= 11 is 0. The molecule has 7 rings (SSSR count). The zero-order valence-electron chi connectivity index (χ0n) is 36.2. The Morgan fingerprint density at radius 2 is 0.849 bits per heavy atom. The Labute approximate surface area is 325 Å². The van der Waals surface area contributed by atoms with Crippen molar-refractivity contribution in [2.45, 2.75) is 74.1 Å². The molecule has 1 fully saturated rings. The van der Waals surface area contributed by atoms with E-state index in [-0.39, 0.29) is 0 Å². The van der Waals surface area contributed by atoms with Gasteiger partial charge >= 0.3 is 0 Å². The number of likely N-dealkylation sites (N-methyl/N-ethyl adjacent to an activating group) is 4. The van der Waals surface area contributed by atoms with Crippen LogP contribution >= 0.6 is 0 Å². The summed E-state index contributed by atoms with van der Waals surface area (Å²) in [6, 6.07) is 0. The van der Waals surface area contributed by atoms with Gasteiger partial charge in [0.2, 0.25) is 0 Å². The lowest BCUT2D eigenvalue weighted by Crippen LogP contribution is -2.29. The van der Waals surface area contributed by atoms with Gasteiger partial charge < -0.3 is 40.0 Å². The molecule has 0 unspecified atom stereocenters. The first-order valence-electron chi connectivity index (χ1n) is 20.1. The molecule has 0 radical (unpaired) electrons. The van der Waals surface area contributed by atoms with Gasteiger partial charge in [0.15, 0.2) is 0 Å². The summed E-state index contributed by atoms with van der Waals surface area (Å²) in [5.74, 6) is 6.89. The largest absolute Gasteiger partial charge is 0.374 e. The van der Waals surface area contributed by atoms with E-state index in [4.69, 9.17) is 0 Å². The molecule has 2 N–H and O–H groups in total. The topological polar surface area (TPSA) is 118 Å². The quantitative estimate of drug-likeness (QED) is 0.421. The van der Waals surface area contributed by atoms with E-state index in [2.05, 4.69) is 133 Å². The van der Waals surface area contributed by atoms with Gasteiger partial charge in [-0.25, -0.2) is 0 Å². The van der Waals surface area contributed by atoms with Crippen LogP contribution in [0.25, 0.3) is 0 Å². The lowest BCUT2D eigenvalue weighted by Gasteiger charge is -2.21. The van der Waals surface area contributed by atoms with Crippen LogP contribution in [0.2, 0.25) is 0 Å². The fraction of sp³-hybridized carbons (Fsp3) is 0.846. The smallest absolute Gasteiger partial charge is 0.0958 e. The molecule has 0 atom stereocenters. The van der Waals surface area contributed by atoms with Gasteiger partial charge in [0, 0.05) is 99.7 Å². The Balaban J connectivity index is 0.000000310. The normalized spacial score (nSPS) is 21.2. The molecule has 7 aliphatic heterocycles. The minimum absolute atomic E-state index is 0.964. The number of hydrogen-bond acceptors (Lipinski definition) is 14. The van der Waals surface area contributed by atoms with Crippen molar-refractivity contribution >= 4 is 35.0 Å². The van der Waals surface area contributed by atoms with Crippen molar-refractivity contribution in [1.29, 1.82) is 0 Å². The van der Waals surface area contributed by atoms with Gasteiger partial charge in [0.25, 0.3) is 0 Å². The number of nitrogens with zero attached hydrogens (tertiary/aromatic N) is 12. The lowest BCUT2D eigenvalue weighted by atomic mass is 10.3. The zero-order chi connectivity index (χ0) is 39.4. The van der Waals surface area contributed by atoms with Gasteiger partial charge in [0.05, 0.1) is 54.6 Å². The van der Waals surface area contributed by atoms with Gasteiger partial charge in [-0.2, -0.15) is 0 Å². The summed E-state index contributed by atoms with van der Waals surface area (Å²) in [6.07, 6.45) is 4.95. The van der Waals surface area contributed by atoms with Gasteiger partial charge in [-0.15, -0.1) is 0 Å². The third kappa shape index (κ3) is 23.9. The van der Waals surface area contributed by atoms with Crippen LogP contribution in [0.4, 0.5) is 0 Å². The average Bonchev–Trinajstić information content (AvgIpc) is 3.87. The monoisotopic (exact) mass is 745 g/mol. The number of amidine groups is 6. The van der Waals surface area contributed by atoms with E-state index >= 15 is 0 Å². The summed E-state index contributed by atoms with van der Waals surface area (Å²) < 4.78 is 0. The maximum atomic E-state index is 4.25. The maximum absolute atomic E-state index is 4.25. The lowest BCUT2D eigenvalue weighted by molar-refractivity contribution is 0.320. The van der Waals surface area contributed by atoms with E-state index in [1.54, 1.807) is 0 Å². The van der Waals surface area contributed by atoms with Gasteiger partial charge in [-0.1, -0.05) is 0 Å². The molecular formula is C39H80N14. The SMILES string of the molecule is CC1=NCCCN1.CC1=NCCCN1C.CC1=NCCCN1C.CC1=NCCN1.CC1=NCCN1C.CCN1CCN=C1C.CN1CCCN(C)CC1. The highest BCUT2D eigenvalue weighted by molar-refractivity contribution is 5.82. The second kappa shape index (κ2) is 29.1. The Morgan fingerprint density at radius 3 is 1.09 bits per heavy atom. The molecule has 0 aromatic carbocycles. The van der Waals surface area contributed by atoms with Gasteiger partial charge in [-0.3, -0.25) is 30.0 Å². The average molecular weight is 745 g/mol. The Morgan fingerprint density at radius 1 is 0.415 bits per heavy atom. The van der Waals surface area contributed by atoms with E-state index in [1.807, 2.05) is 20.8 Å². The predicted octanol–water partition coefficient (Wildman–Crippen LogP) is 3.23. The highest BCUT2D eigenvalue weighted by Gasteiger charge is 2.09. The molecule has 14 heteroatoms. The van der Waals surface area contributed by atoms with E-state index in [1.165, 1.54) is 88.3 Å². The number of hydrogen-bond donors (Lipinski definition) is 2. The molecule has 14 nitrogen and oxygen atoms in total. The highest BCUT2D eigenvalue weighted by atomic mass is 15.2. The van der Waals surface area contributed by atoms with Crippen molar-refractivity contribution in [3.05, 3.63) is 0 Å². The number of nitrogens with one attached hydrogen (secondary N) is 2. The van der Waals surface area contributed by atoms with Crippen LogP contribution in [0.3, 0.4) is 0 Å². The molecule has 7 aliphatic rings. The molecule has 0 spiro atoms. The van der Waals surface area contributed by atoms with Gasteiger partial charge in [0.1, 0.15) is 0 Å².